The highest BCUT2D eigenvalue weighted by Gasteiger charge is 1.98. The first-order valence-corrected chi connectivity index (χ1v) is 8.22. The van der Waals surface area contributed by atoms with Gasteiger partial charge in [-0.1, -0.05) is 76.1 Å². The lowest BCUT2D eigenvalue weighted by Gasteiger charge is -2.05. The average molecular weight is 291 g/mol. The van der Waals surface area contributed by atoms with Crippen LogP contribution in [0.25, 0.3) is 0 Å². The van der Waals surface area contributed by atoms with Crippen LogP contribution in [0.1, 0.15) is 69.4 Å². The smallest absolute Gasteiger partial charge is 0.404 e. The molecule has 1 aromatic carbocycles. The van der Waals surface area contributed by atoms with Crippen LogP contribution in [0, 0.1) is 0 Å². The normalized spacial score (nSPS) is 10.5. The van der Waals surface area contributed by atoms with E-state index in [2.05, 4.69) is 19.1 Å². The van der Waals surface area contributed by atoms with Gasteiger partial charge in [0.25, 0.3) is 0 Å². The SMILES string of the molecule is CCCCCCCCCCc1ccc(COC(N)=O)cc1. The topological polar surface area (TPSA) is 52.3 Å². The molecule has 1 aromatic rings. The summed E-state index contributed by atoms with van der Waals surface area (Å²) in [7, 11) is 0. The Morgan fingerprint density at radius 3 is 2.00 bits per heavy atom. The lowest BCUT2D eigenvalue weighted by molar-refractivity contribution is 0.150. The summed E-state index contributed by atoms with van der Waals surface area (Å²) in [6.45, 7) is 2.51. The zero-order valence-corrected chi connectivity index (χ0v) is 13.3. The van der Waals surface area contributed by atoms with Gasteiger partial charge in [0, 0.05) is 0 Å². The molecule has 0 aliphatic rings. The van der Waals surface area contributed by atoms with Crippen LogP contribution < -0.4 is 5.73 Å². The van der Waals surface area contributed by atoms with Gasteiger partial charge in [-0.3, -0.25) is 0 Å². The van der Waals surface area contributed by atoms with Crippen LogP contribution in [0.5, 0.6) is 0 Å². The van der Waals surface area contributed by atoms with Gasteiger partial charge in [-0.05, 0) is 24.0 Å². The van der Waals surface area contributed by atoms with Gasteiger partial charge in [-0.25, -0.2) is 4.79 Å². The van der Waals surface area contributed by atoms with E-state index in [1.54, 1.807) is 0 Å². The third kappa shape index (κ3) is 9.11. The standard InChI is InChI=1S/C18H29NO2/c1-2-3-4-5-6-7-8-9-10-16-11-13-17(14-12-16)15-21-18(19)20/h11-14H,2-10,15H2,1H3,(H2,19,20). The second-order valence-electron chi connectivity index (χ2n) is 5.65. The summed E-state index contributed by atoms with van der Waals surface area (Å²) in [6.07, 6.45) is 11.2. The lowest BCUT2D eigenvalue weighted by Crippen LogP contribution is -2.12. The minimum atomic E-state index is -0.724. The van der Waals surface area contributed by atoms with E-state index in [9.17, 15) is 4.79 Å². The van der Waals surface area contributed by atoms with Crippen molar-refractivity contribution in [1.29, 1.82) is 0 Å². The van der Waals surface area contributed by atoms with Gasteiger partial charge in [0.2, 0.25) is 0 Å². The van der Waals surface area contributed by atoms with Gasteiger partial charge in [0.05, 0.1) is 0 Å². The second kappa shape index (κ2) is 11.2. The number of unbranched alkanes of at least 4 members (excludes halogenated alkanes) is 7. The summed E-state index contributed by atoms with van der Waals surface area (Å²) in [5.41, 5.74) is 7.27. The van der Waals surface area contributed by atoms with Crippen molar-refractivity contribution in [3.05, 3.63) is 35.4 Å². The predicted molar refractivity (Wildman–Crippen MR) is 87.1 cm³/mol. The number of rotatable bonds is 11. The molecule has 3 heteroatoms. The molecule has 21 heavy (non-hydrogen) atoms. The third-order valence-electron chi connectivity index (χ3n) is 3.72. The summed E-state index contributed by atoms with van der Waals surface area (Å²) in [5.74, 6) is 0. The Morgan fingerprint density at radius 1 is 0.905 bits per heavy atom. The van der Waals surface area contributed by atoms with Crippen molar-refractivity contribution >= 4 is 6.09 Å². The number of nitrogens with two attached hydrogens (primary N) is 1. The molecule has 0 aliphatic heterocycles. The van der Waals surface area contributed by atoms with Crippen molar-refractivity contribution in [2.75, 3.05) is 0 Å². The molecule has 0 bridgehead atoms. The number of amides is 1. The molecule has 2 N–H and O–H groups in total. The van der Waals surface area contributed by atoms with E-state index in [-0.39, 0.29) is 6.61 Å². The minimum Gasteiger partial charge on any atom is -0.445 e. The summed E-state index contributed by atoms with van der Waals surface area (Å²) in [6, 6.07) is 8.23. The zero-order chi connectivity index (χ0) is 15.3. The van der Waals surface area contributed by atoms with Crippen molar-refractivity contribution < 1.29 is 9.53 Å². The fourth-order valence-corrected chi connectivity index (χ4v) is 2.42. The van der Waals surface area contributed by atoms with Crippen molar-refractivity contribution in [2.24, 2.45) is 5.73 Å². The van der Waals surface area contributed by atoms with Crippen LogP contribution in [-0.2, 0) is 17.8 Å². The first kappa shape index (κ1) is 17.5. The molecule has 118 valence electrons. The highest BCUT2D eigenvalue weighted by molar-refractivity contribution is 5.64. The van der Waals surface area contributed by atoms with Gasteiger partial charge >= 0.3 is 6.09 Å². The molecule has 0 unspecified atom stereocenters. The molecule has 0 heterocycles. The maximum atomic E-state index is 10.5. The third-order valence-corrected chi connectivity index (χ3v) is 3.72. The number of carbonyl (C=O) groups excluding carboxylic acids is 1. The number of ether oxygens (including phenoxy) is 1. The van der Waals surface area contributed by atoms with Gasteiger partial charge in [0.15, 0.2) is 0 Å². The number of aryl methyl sites for hydroxylation is 1. The predicted octanol–water partition coefficient (Wildman–Crippen LogP) is 4.97. The summed E-state index contributed by atoms with van der Waals surface area (Å²) < 4.78 is 4.76. The quantitative estimate of drug-likeness (QED) is 0.585. The summed E-state index contributed by atoms with van der Waals surface area (Å²) >= 11 is 0. The highest BCUT2D eigenvalue weighted by atomic mass is 16.5. The second-order valence-corrected chi connectivity index (χ2v) is 5.65. The highest BCUT2D eigenvalue weighted by Crippen LogP contribution is 2.12. The largest absolute Gasteiger partial charge is 0.445 e. The maximum absolute atomic E-state index is 10.5. The molecular weight excluding hydrogens is 262 g/mol. The Bertz CT molecular complexity index is 387. The zero-order valence-electron chi connectivity index (χ0n) is 13.3. The number of benzene rings is 1. The first-order chi connectivity index (χ1) is 10.2. The molecule has 0 aromatic heterocycles. The van der Waals surface area contributed by atoms with Crippen molar-refractivity contribution in [3.8, 4) is 0 Å². The Labute approximate surface area is 128 Å². The molecule has 0 fully saturated rings. The van der Waals surface area contributed by atoms with Crippen LogP contribution in [0.3, 0.4) is 0 Å². The molecule has 0 radical (unpaired) electrons. The van der Waals surface area contributed by atoms with E-state index in [1.807, 2.05) is 12.1 Å². The molecule has 0 atom stereocenters. The van der Waals surface area contributed by atoms with E-state index < -0.39 is 6.09 Å². The summed E-state index contributed by atoms with van der Waals surface area (Å²) in [4.78, 5) is 10.5. The fourth-order valence-electron chi connectivity index (χ4n) is 2.42. The Kier molecular flexibility index (Phi) is 9.34. The Morgan fingerprint density at radius 2 is 1.43 bits per heavy atom. The molecule has 0 saturated heterocycles. The van der Waals surface area contributed by atoms with Gasteiger partial charge in [-0.15, -0.1) is 0 Å². The number of hydrogen-bond acceptors (Lipinski definition) is 2. The van der Waals surface area contributed by atoms with Crippen LogP contribution in [0.2, 0.25) is 0 Å². The van der Waals surface area contributed by atoms with Gasteiger partial charge in [0.1, 0.15) is 6.61 Å². The van der Waals surface area contributed by atoms with E-state index >= 15 is 0 Å². The fraction of sp³-hybridized carbons (Fsp3) is 0.611. The maximum Gasteiger partial charge on any atom is 0.404 e. The first-order valence-electron chi connectivity index (χ1n) is 8.22. The lowest BCUT2D eigenvalue weighted by atomic mass is 10.0. The van der Waals surface area contributed by atoms with Crippen LogP contribution in [-0.4, -0.2) is 6.09 Å². The molecular formula is C18H29NO2. The molecule has 0 aliphatic carbocycles. The van der Waals surface area contributed by atoms with Gasteiger partial charge < -0.3 is 10.5 Å². The number of primary amides is 1. The Hall–Kier alpha value is -1.51. The van der Waals surface area contributed by atoms with Crippen LogP contribution >= 0.6 is 0 Å². The minimum absolute atomic E-state index is 0.257. The summed E-state index contributed by atoms with van der Waals surface area (Å²) in [5, 5.41) is 0. The monoisotopic (exact) mass is 291 g/mol. The van der Waals surface area contributed by atoms with E-state index in [0.29, 0.717) is 0 Å². The molecule has 1 rings (SSSR count). The number of hydrogen-bond donors (Lipinski definition) is 1. The average Bonchev–Trinajstić information content (AvgIpc) is 2.49. The van der Waals surface area contributed by atoms with Crippen molar-refractivity contribution in [1.82, 2.24) is 0 Å². The molecule has 3 nitrogen and oxygen atoms in total. The van der Waals surface area contributed by atoms with Crippen molar-refractivity contribution in [3.63, 3.8) is 0 Å². The van der Waals surface area contributed by atoms with Crippen LogP contribution in [0.4, 0.5) is 4.79 Å². The van der Waals surface area contributed by atoms with Crippen LogP contribution in [0.15, 0.2) is 24.3 Å². The van der Waals surface area contributed by atoms with E-state index in [4.69, 9.17) is 10.5 Å². The van der Waals surface area contributed by atoms with E-state index in [1.165, 1.54) is 56.9 Å². The van der Waals surface area contributed by atoms with E-state index in [0.717, 1.165) is 12.0 Å². The number of carbonyl (C=O) groups is 1. The Balaban J connectivity index is 2.08. The molecule has 0 spiro atoms. The molecule has 1 amide bonds. The van der Waals surface area contributed by atoms with Crippen molar-refractivity contribution in [2.45, 2.75) is 71.3 Å². The van der Waals surface area contributed by atoms with Gasteiger partial charge in [-0.2, -0.15) is 0 Å². The molecule has 0 saturated carbocycles.